The molecule has 0 amide bonds. The molecule has 1 aliphatic rings. The summed E-state index contributed by atoms with van der Waals surface area (Å²) in [6.45, 7) is 0. The topological polar surface area (TPSA) is 61.0 Å². The van der Waals surface area contributed by atoms with E-state index in [4.69, 9.17) is 10.5 Å². The molecule has 0 spiro atoms. The number of nitrogens with zero attached hydrogens (tertiary/aromatic N) is 2. The van der Waals surface area contributed by atoms with Crippen LogP contribution < -0.4 is 10.5 Å². The Morgan fingerprint density at radius 1 is 1.27 bits per heavy atom. The van der Waals surface area contributed by atoms with Crippen LogP contribution in [0, 0.1) is 0 Å². The van der Waals surface area contributed by atoms with Gasteiger partial charge < -0.3 is 10.5 Å². The van der Waals surface area contributed by atoms with E-state index in [2.05, 4.69) is 10.2 Å². The molecular formula is C11H17N3O. The Labute approximate surface area is 89.8 Å². The van der Waals surface area contributed by atoms with Gasteiger partial charge in [-0.25, -0.2) is 0 Å². The molecule has 0 unspecified atom stereocenters. The number of rotatable bonds is 2. The monoisotopic (exact) mass is 207 g/mol. The molecule has 1 heterocycles. The Balaban J connectivity index is 2.20. The van der Waals surface area contributed by atoms with Crippen LogP contribution in [0.1, 0.15) is 43.7 Å². The Morgan fingerprint density at radius 3 is 2.67 bits per heavy atom. The molecule has 0 radical (unpaired) electrons. The van der Waals surface area contributed by atoms with Crippen LogP contribution in [0.5, 0.6) is 5.75 Å². The van der Waals surface area contributed by atoms with Crippen molar-refractivity contribution in [1.29, 1.82) is 0 Å². The average molecular weight is 207 g/mol. The maximum atomic E-state index is 5.63. The summed E-state index contributed by atoms with van der Waals surface area (Å²) in [4.78, 5) is 0. The van der Waals surface area contributed by atoms with Crippen molar-refractivity contribution in [2.75, 3.05) is 12.8 Å². The lowest BCUT2D eigenvalue weighted by Crippen LogP contribution is -2.09. The highest BCUT2D eigenvalue weighted by Crippen LogP contribution is 2.33. The van der Waals surface area contributed by atoms with Gasteiger partial charge in [0.05, 0.1) is 12.8 Å². The van der Waals surface area contributed by atoms with Gasteiger partial charge in [-0.1, -0.05) is 19.3 Å². The molecular weight excluding hydrogens is 190 g/mol. The maximum absolute atomic E-state index is 5.63. The van der Waals surface area contributed by atoms with Gasteiger partial charge >= 0.3 is 0 Å². The molecule has 1 aromatic rings. The molecule has 4 nitrogen and oxygen atoms in total. The van der Waals surface area contributed by atoms with E-state index in [1.807, 2.05) is 6.07 Å². The van der Waals surface area contributed by atoms with Gasteiger partial charge in [0.25, 0.3) is 0 Å². The fourth-order valence-corrected chi connectivity index (χ4v) is 2.16. The summed E-state index contributed by atoms with van der Waals surface area (Å²) in [5, 5.41) is 8.08. The number of hydrogen-bond acceptors (Lipinski definition) is 4. The summed E-state index contributed by atoms with van der Waals surface area (Å²) in [5.41, 5.74) is 6.66. The van der Waals surface area contributed by atoms with Gasteiger partial charge in [0.2, 0.25) is 0 Å². The van der Waals surface area contributed by atoms with E-state index in [1.165, 1.54) is 32.1 Å². The number of hydrogen-bond donors (Lipinski definition) is 1. The summed E-state index contributed by atoms with van der Waals surface area (Å²) in [6.07, 6.45) is 6.34. The summed E-state index contributed by atoms with van der Waals surface area (Å²) in [5.74, 6) is 1.56. The van der Waals surface area contributed by atoms with E-state index < -0.39 is 0 Å². The van der Waals surface area contributed by atoms with Gasteiger partial charge in [0, 0.05) is 12.0 Å². The number of ether oxygens (including phenoxy) is 1. The van der Waals surface area contributed by atoms with Crippen molar-refractivity contribution in [3.8, 4) is 5.75 Å². The van der Waals surface area contributed by atoms with Crippen LogP contribution in [0.4, 0.5) is 5.82 Å². The van der Waals surface area contributed by atoms with Crippen LogP contribution in [-0.4, -0.2) is 17.3 Å². The molecule has 0 saturated heterocycles. The minimum Gasteiger partial charge on any atom is -0.493 e. The first-order valence-corrected chi connectivity index (χ1v) is 5.48. The quantitative estimate of drug-likeness (QED) is 0.806. The highest BCUT2D eigenvalue weighted by molar-refractivity contribution is 5.45. The smallest absolute Gasteiger partial charge is 0.188 e. The minimum absolute atomic E-state index is 0.372. The lowest BCUT2D eigenvalue weighted by molar-refractivity contribution is 0.404. The Morgan fingerprint density at radius 2 is 2.00 bits per heavy atom. The van der Waals surface area contributed by atoms with Crippen LogP contribution >= 0.6 is 0 Å². The third-order valence-corrected chi connectivity index (χ3v) is 3.05. The molecule has 1 saturated carbocycles. The molecule has 0 atom stereocenters. The maximum Gasteiger partial charge on any atom is 0.188 e. The van der Waals surface area contributed by atoms with Crippen molar-refractivity contribution in [3.63, 3.8) is 0 Å². The lowest BCUT2D eigenvalue weighted by atomic mass is 9.87. The molecule has 2 rings (SSSR count). The van der Waals surface area contributed by atoms with E-state index in [0.29, 0.717) is 17.5 Å². The zero-order chi connectivity index (χ0) is 10.7. The summed E-state index contributed by atoms with van der Waals surface area (Å²) in [6, 6.07) is 1.93. The SMILES string of the molecule is COc1cc(C2CCCCC2)nnc1N. The Hall–Kier alpha value is -1.32. The first kappa shape index (κ1) is 10.2. The second-order valence-corrected chi connectivity index (χ2v) is 4.06. The number of nitrogens with two attached hydrogens (primary N) is 1. The molecule has 15 heavy (non-hydrogen) atoms. The first-order chi connectivity index (χ1) is 7.31. The highest BCUT2D eigenvalue weighted by atomic mass is 16.5. The Kier molecular flexibility index (Phi) is 3.04. The second-order valence-electron chi connectivity index (χ2n) is 4.06. The van der Waals surface area contributed by atoms with Crippen molar-refractivity contribution in [2.45, 2.75) is 38.0 Å². The van der Waals surface area contributed by atoms with Gasteiger partial charge in [-0.05, 0) is 12.8 Å². The van der Waals surface area contributed by atoms with Crippen molar-refractivity contribution < 1.29 is 4.74 Å². The zero-order valence-electron chi connectivity index (χ0n) is 9.07. The summed E-state index contributed by atoms with van der Waals surface area (Å²) in [7, 11) is 1.61. The van der Waals surface area contributed by atoms with Gasteiger partial charge in [0.15, 0.2) is 11.6 Å². The standard InChI is InChI=1S/C11H17N3O/c1-15-10-7-9(13-14-11(10)12)8-5-3-2-4-6-8/h7-8H,2-6H2,1H3,(H2,12,14). The normalized spacial score (nSPS) is 17.7. The molecule has 0 aliphatic heterocycles. The number of methoxy groups -OCH3 is 1. The molecule has 1 aliphatic carbocycles. The van der Waals surface area contributed by atoms with Crippen LogP contribution in [-0.2, 0) is 0 Å². The summed E-state index contributed by atoms with van der Waals surface area (Å²) < 4.78 is 5.15. The predicted molar refractivity (Wildman–Crippen MR) is 58.8 cm³/mol. The number of aromatic nitrogens is 2. The second kappa shape index (κ2) is 4.47. The van der Waals surface area contributed by atoms with Crippen molar-refractivity contribution in [3.05, 3.63) is 11.8 Å². The number of anilines is 1. The largest absolute Gasteiger partial charge is 0.493 e. The van der Waals surface area contributed by atoms with E-state index in [0.717, 1.165) is 5.69 Å². The molecule has 82 valence electrons. The van der Waals surface area contributed by atoms with Crippen LogP contribution in [0.25, 0.3) is 0 Å². The lowest BCUT2D eigenvalue weighted by Gasteiger charge is -2.20. The van der Waals surface area contributed by atoms with Gasteiger partial charge in [0.1, 0.15) is 0 Å². The van der Waals surface area contributed by atoms with Crippen molar-refractivity contribution in [2.24, 2.45) is 0 Å². The van der Waals surface area contributed by atoms with Gasteiger partial charge in [-0.15, -0.1) is 5.10 Å². The van der Waals surface area contributed by atoms with E-state index in [-0.39, 0.29) is 0 Å². The third kappa shape index (κ3) is 2.19. The molecule has 0 aromatic carbocycles. The van der Waals surface area contributed by atoms with E-state index >= 15 is 0 Å². The van der Waals surface area contributed by atoms with Crippen LogP contribution in [0.3, 0.4) is 0 Å². The van der Waals surface area contributed by atoms with E-state index in [9.17, 15) is 0 Å². The molecule has 0 bridgehead atoms. The molecule has 2 N–H and O–H groups in total. The minimum atomic E-state index is 0.372. The fraction of sp³-hybridized carbons (Fsp3) is 0.636. The van der Waals surface area contributed by atoms with Gasteiger partial charge in [-0.2, -0.15) is 5.10 Å². The average Bonchev–Trinajstić information content (AvgIpc) is 2.31. The highest BCUT2D eigenvalue weighted by Gasteiger charge is 2.18. The van der Waals surface area contributed by atoms with Crippen molar-refractivity contribution >= 4 is 5.82 Å². The van der Waals surface area contributed by atoms with E-state index in [1.54, 1.807) is 7.11 Å². The number of nitrogen functional groups attached to an aromatic ring is 1. The third-order valence-electron chi connectivity index (χ3n) is 3.05. The summed E-state index contributed by atoms with van der Waals surface area (Å²) >= 11 is 0. The fourth-order valence-electron chi connectivity index (χ4n) is 2.16. The molecule has 4 heteroatoms. The first-order valence-electron chi connectivity index (χ1n) is 5.48. The van der Waals surface area contributed by atoms with Crippen LogP contribution in [0.15, 0.2) is 6.07 Å². The van der Waals surface area contributed by atoms with Crippen molar-refractivity contribution in [1.82, 2.24) is 10.2 Å². The molecule has 1 aromatic heterocycles. The Bertz CT molecular complexity index is 335. The zero-order valence-corrected chi connectivity index (χ0v) is 9.07. The van der Waals surface area contributed by atoms with Gasteiger partial charge in [-0.3, -0.25) is 0 Å². The molecule has 1 fully saturated rings. The predicted octanol–water partition coefficient (Wildman–Crippen LogP) is 2.12. The van der Waals surface area contributed by atoms with Crippen LogP contribution in [0.2, 0.25) is 0 Å².